The topological polar surface area (TPSA) is 80.1 Å². The summed E-state index contributed by atoms with van der Waals surface area (Å²) in [6.07, 6.45) is 2.15. The number of nitrogens with one attached hydrogen (secondary N) is 1. The number of rotatable bonds is 5. The van der Waals surface area contributed by atoms with Gasteiger partial charge in [0.05, 0.1) is 33.2 Å². The molecule has 1 fully saturated rings. The Labute approximate surface area is 184 Å². The third kappa shape index (κ3) is 4.00. The molecule has 1 aromatic carbocycles. The van der Waals surface area contributed by atoms with Crippen molar-refractivity contribution in [2.24, 2.45) is 7.05 Å². The van der Waals surface area contributed by atoms with Gasteiger partial charge in [-0.05, 0) is 44.0 Å². The molecule has 2 amide bonds. The van der Waals surface area contributed by atoms with Crippen molar-refractivity contribution in [2.75, 3.05) is 18.9 Å². The number of benzene rings is 1. The number of hydrogen-bond acceptors (Lipinski definition) is 4. The number of likely N-dealkylation sites (N-methyl/N-ethyl adjacent to an activating group) is 1. The molecule has 9 heteroatoms. The predicted octanol–water partition coefficient (Wildman–Crippen LogP) is 4.17. The van der Waals surface area contributed by atoms with E-state index in [2.05, 4.69) is 10.4 Å². The molecule has 0 saturated heterocycles. The average Bonchev–Trinajstić information content (AvgIpc) is 3.50. The smallest absolute Gasteiger partial charge is 0.254 e. The molecule has 30 heavy (non-hydrogen) atoms. The monoisotopic (exact) mass is 445 g/mol. The second-order valence-corrected chi connectivity index (χ2v) is 8.43. The number of nitrogens with zero attached hydrogens (tertiary/aromatic N) is 4. The van der Waals surface area contributed by atoms with Crippen molar-refractivity contribution in [3.05, 3.63) is 51.3 Å². The van der Waals surface area contributed by atoms with Crippen LogP contribution in [0.4, 0.5) is 5.69 Å². The van der Waals surface area contributed by atoms with Crippen LogP contribution in [0.1, 0.15) is 40.5 Å². The Bertz CT molecular complexity index is 1170. The van der Waals surface area contributed by atoms with E-state index in [1.807, 2.05) is 20.0 Å². The molecule has 0 unspecified atom stereocenters. The Morgan fingerprint density at radius 1 is 1.23 bits per heavy atom. The summed E-state index contributed by atoms with van der Waals surface area (Å²) in [6.45, 7) is 1.75. The molecule has 1 aliphatic rings. The molecule has 1 saturated carbocycles. The van der Waals surface area contributed by atoms with Gasteiger partial charge in [-0.15, -0.1) is 0 Å². The average molecular weight is 446 g/mol. The van der Waals surface area contributed by atoms with E-state index in [4.69, 9.17) is 28.2 Å². The predicted molar refractivity (Wildman–Crippen MR) is 117 cm³/mol. The standard InChI is InChI=1S/C21H21Cl2N5O2/c1-11-19-14(9-17(12-4-5-12)25-20(19)28(3)26-11)21(30)27(2)10-18(29)24-13-6-7-15(22)16(23)8-13/h6-9,12H,4-5,10H2,1-3H3,(H,24,29). The van der Waals surface area contributed by atoms with Crippen LogP contribution in [-0.4, -0.2) is 45.1 Å². The van der Waals surface area contributed by atoms with Crippen molar-refractivity contribution in [3.8, 4) is 0 Å². The summed E-state index contributed by atoms with van der Waals surface area (Å²) in [5.74, 6) is -0.191. The number of hydrogen-bond donors (Lipinski definition) is 1. The van der Waals surface area contributed by atoms with Gasteiger partial charge in [0.1, 0.15) is 0 Å². The Hall–Kier alpha value is -2.64. The zero-order chi connectivity index (χ0) is 21.6. The fraction of sp³-hybridized carbons (Fsp3) is 0.333. The number of anilines is 1. The van der Waals surface area contributed by atoms with Crippen molar-refractivity contribution < 1.29 is 9.59 Å². The number of carbonyl (C=O) groups excluding carboxylic acids is 2. The second kappa shape index (κ2) is 7.89. The molecule has 0 bridgehead atoms. The number of halogens is 2. The highest BCUT2D eigenvalue weighted by atomic mass is 35.5. The number of pyridine rings is 1. The molecule has 156 valence electrons. The van der Waals surface area contributed by atoms with E-state index in [1.165, 1.54) is 4.90 Å². The van der Waals surface area contributed by atoms with Crippen molar-refractivity contribution in [3.63, 3.8) is 0 Å². The van der Waals surface area contributed by atoms with E-state index in [0.29, 0.717) is 32.9 Å². The van der Waals surface area contributed by atoms with Crippen molar-refractivity contribution in [1.82, 2.24) is 19.7 Å². The maximum absolute atomic E-state index is 13.2. The van der Waals surface area contributed by atoms with Gasteiger partial charge in [-0.3, -0.25) is 14.3 Å². The molecule has 4 rings (SSSR count). The number of carbonyl (C=O) groups is 2. The minimum absolute atomic E-state index is 0.110. The summed E-state index contributed by atoms with van der Waals surface area (Å²) in [4.78, 5) is 31.8. The van der Waals surface area contributed by atoms with E-state index < -0.39 is 0 Å². The fourth-order valence-corrected chi connectivity index (χ4v) is 3.79. The molecule has 1 N–H and O–H groups in total. The van der Waals surface area contributed by atoms with Crippen LogP contribution in [0.15, 0.2) is 24.3 Å². The molecule has 0 radical (unpaired) electrons. The quantitative estimate of drug-likeness (QED) is 0.638. The van der Waals surface area contributed by atoms with Gasteiger partial charge >= 0.3 is 0 Å². The van der Waals surface area contributed by atoms with Crippen LogP contribution in [0.3, 0.4) is 0 Å². The van der Waals surface area contributed by atoms with Crippen molar-refractivity contribution in [2.45, 2.75) is 25.7 Å². The third-order valence-corrected chi connectivity index (χ3v) is 5.88. The van der Waals surface area contributed by atoms with E-state index >= 15 is 0 Å². The van der Waals surface area contributed by atoms with Crippen molar-refractivity contribution >= 4 is 51.7 Å². The maximum atomic E-state index is 13.2. The van der Waals surface area contributed by atoms with Crippen LogP contribution in [-0.2, 0) is 11.8 Å². The second-order valence-electron chi connectivity index (χ2n) is 7.61. The lowest BCUT2D eigenvalue weighted by Gasteiger charge is -2.18. The summed E-state index contributed by atoms with van der Waals surface area (Å²) in [5.41, 5.74) is 3.37. The third-order valence-electron chi connectivity index (χ3n) is 5.15. The van der Waals surface area contributed by atoms with E-state index in [1.54, 1.807) is 29.9 Å². The molecule has 2 aromatic heterocycles. The Morgan fingerprint density at radius 3 is 2.63 bits per heavy atom. The molecule has 1 aliphatic carbocycles. The minimum atomic E-state index is -0.333. The van der Waals surface area contributed by atoms with E-state index in [0.717, 1.165) is 29.6 Å². The molecule has 0 aliphatic heterocycles. The van der Waals surface area contributed by atoms with Gasteiger partial charge in [0.2, 0.25) is 5.91 Å². The maximum Gasteiger partial charge on any atom is 0.254 e. The van der Waals surface area contributed by atoms with Crippen LogP contribution in [0.2, 0.25) is 10.0 Å². The van der Waals surface area contributed by atoms with Gasteiger partial charge in [-0.25, -0.2) is 4.98 Å². The van der Waals surface area contributed by atoms with E-state index in [-0.39, 0.29) is 18.4 Å². The van der Waals surface area contributed by atoms with Crippen LogP contribution in [0.5, 0.6) is 0 Å². The number of aryl methyl sites for hydroxylation is 2. The van der Waals surface area contributed by atoms with Gasteiger partial charge in [0.25, 0.3) is 5.91 Å². The van der Waals surface area contributed by atoms with Gasteiger partial charge in [0.15, 0.2) is 5.65 Å². The lowest BCUT2D eigenvalue weighted by Crippen LogP contribution is -2.35. The zero-order valence-corrected chi connectivity index (χ0v) is 18.4. The fourth-order valence-electron chi connectivity index (χ4n) is 3.49. The van der Waals surface area contributed by atoms with Crippen LogP contribution in [0.25, 0.3) is 11.0 Å². The number of aromatic nitrogens is 3. The first-order chi connectivity index (χ1) is 14.2. The molecular weight excluding hydrogens is 425 g/mol. The Kier molecular flexibility index (Phi) is 5.42. The lowest BCUT2D eigenvalue weighted by atomic mass is 10.1. The molecule has 0 atom stereocenters. The number of fused-ring (bicyclic) bond motifs is 1. The summed E-state index contributed by atoms with van der Waals surface area (Å²) in [7, 11) is 3.42. The minimum Gasteiger partial charge on any atom is -0.332 e. The number of amides is 2. The van der Waals surface area contributed by atoms with Crippen LogP contribution < -0.4 is 5.32 Å². The Balaban J connectivity index is 1.57. The first-order valence-electron chi connectivity index (χ1n) is 9.59. The SMILES string of the molecule is Cc1nn(C)c2nc(C3CC3)cc(C(=O)N(C)CC(=O)Nc3ccc(Cl)c(Cl)c3)c12. The zero-order valence-electron chi connectivity index (χ0n) is 16.9. The summed E-state index contributed by atoms with van der Waals surface area (Å²) < 4.78 is 1.70. The summed E-state index contributed by atoms with van der Waals surface area (Å²) >= 11 is 11.9. The molecule has 3 aromatic rings. The van der Waals surface area contributed by atoms with Gasteiger partial charge in [-0.2, -0.15) is 5.10 Å². The lowest BCUT2D eigenvalue weighted by molar-refractivity contribution is -0.116. The molecular formula is C21H21Cl2N5O2. The highest BCUT2D eigenvalue weighted by Gasteiger charge is 2.29. The van der Waals surface area contributed by atoms with E-state index in [9.17, 15) is 9.59 Å². The van der Waals surface area contributed by atoms with Gasteiger partial charge < -0.3 is 10.2 Å². The van der Waals surface area contributed by atoms with Crippen LogP contribution >= 0.6 is 23.2 Å². The summed E-state index contributed by atoms with van der Waals surface area (Å²) in [6, 6.07) is 6.68. The normalized spacial score (nSPS) is 13.5. The molecule has 0 spiro atoms. The molecule has 7 nitrogen and oxygen atoms in total. The summed E-state index contributed by atoms with van der Waals surface area (Å²) in [5, 5.41) is 8.64. The highest BCUT2D eigenvalue weighted by Crippen LogP contribution is 2.40. The Morgan fingerprint density at radius 2 is 1.97 bits per heavy atom. The highest BCUT2D eigenvalue weighted by molar-refractivity contribution is 6.42. The molecule has 2 heterocycles. The van der Waals surface area contributed by atoms with Crippen LogP contribution in [0, 0.1) is 6.92 Å². The largest absolute Gasteiger partial charge is 0.332 e. The van der Waals surface area contributed by atoms with Gasteiger partial charge in [-0.1, -0.05) is 23.2 Å². The first-order valence-corrected chi connectivity index (χ1v) is 10.3. The first kappa shape index (κ1) is 20.6. The van der Waals surface area contributed by atoms with Crippen molar-refractivity contribution in [1.29, 1.82) is 0 Å². The van der Waals surface area contributed by atoms with Gasteiger partial charge in [0, 0.05) is 31.4 Å².